The molecule has 100 valence electrons. The zero-order valence-corrected chi connectivity index (χ0v) is 13.2. The second-order valence-corrected chi connectivity index (χ2v) is 5.82. The van der Waals surface area contributed by atoms with Gasteiger partial charge in [0.05, 0.1) is 13.2 Å². The van der Waals surface area contributed by atoms with Crippen LogP contribution < -0.4 is 4.74 Å². The van der Waals surface area contributed by atoms with Gasteiger partial charge in [0.1, 0.15) is 5.75 Å². The van der Waals surface area contributed by atoms with E-state index in [0.717, 1.165) is 22.4 Å². The summed E-state index contributed by atoms with van der Waals surface area (Å²) in [4.78, 5) is 0. The molecule has 0 amide bonds. The van der Waals surface area contributed by atoms with Crippen molar-refractivity contribution in [2.24, 2.45) is 0 Å². The Morgan fingerprint density at radius 3 is 2.42 bits per heavy atom. The van der Waals surface area contributed by atoms with Gasteiger partial charge in [-0.3, -0.25) is 0 Å². The third-order valence-corrected chi connectivity index (χ3v) is 3.87. The van der Waals surface area contributed by atoms with E-state index in [1.807, 2.05) is 25.1 Å². The summed E-state index contributed by atoms with van der Waals surface area (Å²) in [5, 5.41) is 10.3. The number of aryl methyl sites for hydroxylation is 1. The molecule has 0 radical (unpaired) electrons. The Bertz CT molecular complexity index is 549. The zero-order valence-electron chi connectivity index (χ0n) is 11.1. The third kappa shape index (κ3) is 3.70. The van der Waals surface area contributed by atoms with Gasteiger partial charge in [-0.15, -0.1) is 0 Å². The SMILES string of the molecule is COc1ccc(C(O)Cc2ccc(I)cc2)cc1C. The highest BCUT2D eigenvalue weighted by Gasteiger charge is 2.10. The first-order valence-corrected chi connectivity index (χ1v) is 7.25. The lowest BCUT2D eigenvalue weighted by molar-refractivity contribution is 0.178. The molecule has 1 atom stereocenters. The molecule has 2 rings (SSSR count). The number of aliphatic hydroxyl groups excluding tert-OH is 1. The van der Waals surface area contributed by atoms with Crippen LogP contribution in [0.3, 0.4) is 0 Å². The maximum Gasteiger partial charge on any atom is 0.121 e. The van der Waals surface area contributed by atoms with Crippen molar-refractivity contribution in [1.82, 2.24) is 0 Å². The number of hydrogen-bond donors (Lipinski definition) is 1. The summed E-state index contributed by atoms with van der Waals surface area (Å²) in [6.07, 6.45) is 0.146. The van der Waals surface area contributed by atoms with Crippen molar-refractivity contribution in [2.45, 2.75) is 19.4 Å². The molecule has 2 aromatic rings. The number of benzene rings is 2. The fourth-order valence-electron chi connectivity index (χ4n) is 2.07. The average Bonchev–Trinajstić information content (AvgIpc) is 2.41. The number of hydrogen-bond acceptors (Lipinski definition) is 2. The molecule has 0 heterocycles. The van der Waals surface area contributed by atoms with E-state index in [0.29, 0.717) is 6.42 Å². The van der Waals surface area contributed by atoms with Crippen molar-refractivity contribution in [3.63, 3.8) is 0 Å². The van der Waals surface area contributed by atoms with Gasteiger partial charge < -0.3 is 9.84 Å². The number of methoxy groups -OCH3 is 1. The minimum atomic E-state index is -0.482. The summed E-state index contributed by atoms with van der Waals surface area (Å²) in [5.74, 6) is 0.852. The summed E-state index contributed by atoms with van der Waals surface area (Å²) in [6.45, 7) is 1.99. The van der Waals surface area contributed by atoms with Gasteiger partial charge in [0.15, 0.2) is 0 Å². The second kappa shape index (κ2) is 6.39. The first-order chi connectivity index (χ1) is 9.10. The molecule has 0 aliphatic carbocycles. The van der Waals surface area contributed by atoms with Crippen molar-refractivity contribution in [2.75, 3.05) is 7.11 Å². The summed E-state index contributed by atoms with van der Waals surface area (Å²) in [7, 11) is 1.66. The quantitative estimate of drug-likeness (QED) is 0.830. The van der Waals surface area contributed by atoms with E-state index in [2.05, 4.69) is 46.9 Å². The Morgan fingerprint density at radius 2 is 1.84 bits per heavy atom. The fourth-order valence-corrected chi connectivity index (χ4v) is 2.43. The zero-order chi connectivity index (χ0) is 13.8. The molecule has 1 unspecified atom stereocenters. The predicted octanol–water partition coefficient (Wildman–Crippen LogP) is 3.88. The van der Waals surface area contributed by atoms with E-state index < -0.39 is 6.10 Å². The van der Waals surface area contributed by atoms with Gasteiger partial charge in [0.25, 0.3) is 0 Å². The monoisotopic (exact) mass is 368 g/mol. The molecule has 0 fully saturated rings. The van der Waals surface area contributed by atoms with Crippen molar-refractivity contribution >= 4 is 22.6 Å². The maximum atomic E-state index is 10.3. The summed E-state index contributed by atoms with van der Waals surface area (Å²) < 4.78 is 6.43. The van der Waals surface area contributed by atoms with Gasteiger partial charge in [-0.05, 0) is 70.5 Å². The molecule has 0 aromatic heterocycles. The van der Waals surface area contributed by atoms with E-state index in [1.165, 1.54) is 3.57 Å². The van der Waals surface area contributed by atoms with Gasteiger partial charge in [0.2, 0.25) is 0 Å². The molecule has 0 saturated carbocycles. The van der Waals surface area contributed by atoms with Crippen LogP contribution in [0.15, 0.2) is 42.5 Å². The third-order valence-electron chi connectivity index (χ3n) is 3.15. The molecular weight excluding hydrogens is 351 g/mol. The van der Waals surface area contributed by atoms with Crippen LogP contribution >= 0.6 is 22.6 Å². The Labute approximate surface area is 127 Å². The molecule has 2 nitrogen and oxygen atoms in total. The van der Waals surface area contributed by atoms with Crippen LogP contribution in [0.25, 0.3) is 0 Å². The van der Waals surface area contributed by atoms with E-state index in [9.17, 15) is 5.11 Å². The Morgan fingerprint density at radius 1 is 1.16 bits per heavy atom. The summed E-state index contributed by atoms with van der Waals surface area (Å²) in [6, 6.07) is 14.0. The van der Waals surface area contributed by atoms with Gasteiger partial charge in [-0.2, -0.15) is 0 Å². The lowest BCUT2D eigenvalue weighted by Gasteiger charge is -2.13. The lowest BCUT2D eigenvalue weighted by Crippen LogP contribution is -2.02. The van der Waals surface area contributed by atoms with Crippen molar-refractivity contribution in [1.29, 1.82) is 0 Å². The molecule has 2 aromatic carbocycles. The normalized spacial score (nSPS) is 12.2. The van der Waals surface area contributed by atoms with Crippen LogP contribution in [0.1, 0.15) is 22.8 Å². The van der Waals surface area contributed by atoms with Crippen LogP contribution in [-0.2, 0) is 6.42 Å². The minimum absolute atomic E-state index is 0.482. The minimum Gasteiger partial charge on any atom is -0.496 e. The average molecular weight is 368 g/mol. The maximum absolute atomic E-state index is 10.3. The molecule has 0 bridgehead atoms. The summed E-state index contributed by atoms with van der Waals surface area (Å²) in [5.41, 5.74) is 3.11. The largest absolute Gasteiger partial charge is 0.496 e. The molecule has 0 saturated heterocycles. The number of aliphatic hydroxyl groups is 1. The smallest absolute Gasteiger partial charge is 0.121 e. The molecular formula is C16H17IO2. The van der Waals surface area contributed by atoms with Gasteiger partial charge >= 0.3 is 0 Å². The highest BCUT2D eigenvalue weighted by Crippen LogP contribution is 2.24. The molecule has 0 aliphatic heterocycles. The second-order valence-electron chi connectivity index (χ2n) is 4.58. The highest BCUT2D eigenvalue weighted by molar-refractivity contribution is 14.1. The van der Waals surface area contributed by atoms with Crippen molar-refractivity contribution in [3.05, 3.63) is 62.7 Å². The van der Waals surface area contributed by atoms with E-state index >= 15 is 0 Å². The Hall–Kier alpha value is -1.07. The first kappa shape index (κ1) is 14.3. The Kier molecular flexibility index (Phi) is 4.82. The van der Waals surface area contributed by atoms with E-state index in [1.54, 1.807) is 7.11 Å². The van der Waals surface area contributed by atoms with Crippen molar-refractivity contribution in [3.8, 4) is 5.75 Å². The highest BCUT2D eigenvalue weighted by atomic mass is 127. The number of halogens is 1. The van der Waals surface area contributed by atoms with Gasteiger partial charge in [0, 0.05) is 9.99 Å². The predicted molar refractivity (Wildman–Crippen MR) is 85.6 cm³/mol. The van der Waals surface area contributed by atoms with E-state index in [4.69, 9.17) is 4.74 Å². The van der Waals surface area contributed by atoms with Crippen LogP contribution in [-0.4, -0.2) is 12.2 Å². The van der Waals surface area contributed by atoms with Crippen LogP contribution in [0.5, 0.6) is 5.75 Å². The Balaban J connectivity index is 2.13. The fraction of sp³-hybridized carbons (Fsp3) is 0.250. The molecule has 1 N–H and O–H groups in total. The standard InChI is InChI=1S/C16H17IO2/c1-11-9-13(5-8-16(11)19-2)15(18)10-12-3-6-14(17)7-4-12/h3-9,15,18H,10H2,1-2H3. The van der Waals surface area contributed by atoms with Crippen molar-refractivity contribution < 1.29 is 9.84 Å². The summed E-state index contributed by atoms with van der Waals surface area (Å²) >= 11 is 2.28. The van der Waals surface area contributed by atoms with Gasteiger partial charge in [-0.25, -0.2) is 0 Å². The molecule has 19 heavy (non-hydrogen) atoms. The molecule has 0 spiro atoms. The lowest BCUT2D eigenvalue weighted by atomic mass is 10.00. The van der Waals surface area contributed by atoms with Crippen LogP contribution in [0, 0.1) is 10.5 Å². The van der Waals surface area contributed by atoms with Gasteiger partial charge in [-0.1, -0.05) is 18.2 Å². The first-order valence-electron chi connectivity index (χ1n) is 6.17. The number of rotatable bonds is 4. The molecule has 3 heteroatoms. The van der Waals surface area contributed by atoms with E-state index in [-0.39, 0.29) is 0 Å². The molecule has 0 aliphatic rings. The number of ether oxygens (including phenoxy) is 1. The van der Waals surface area contributed by atoms with Crippen LogP contribution in [0.2, 0.25) is 0 Å². The van der Waals surface area contributed by atoms with Crippen LogP contribution in [0.4, 0.5) is 0 Å². The topological polar surface area (TPSA) is 29.5 Å².